The van der Waals surface area contributed by atoms with E-state index in [0.29, 0.717) is 13.0 Å². The first-order chi connectivity index (χ1) is 17.5. The minimum absolute atomic E-state index is 0.0664. The van der Waals surface area contributed by atoms with Gasteiger partial charge in [-0.15, -0.1) is 0 Å². The summed E-state index contributed by atoms with van der Waals surface area (Å²) in [4.78, 5) is 29.3. The highest BCUT2D eigenvalue weighted by molar-refractivity contribution is 5.89. The number of carbonyl (C=O) groups excluding carboxylic acids is 2. The number of amides is 2. The van der Waals surface area contributed by atoms with Gasteiger partial charge in [-0.1, -0.05) is 85.1 Å². The van der Waals surface area contributed by atoms with Crippen molar-refractivity contribution >= 4 is 11.8 Å². The lowest BCUT2D eigenvalue weighted by atomic mass is 10.0. The van der Waals surface area contributed by atoms with Crippen LogP contribution in [0.5, 0.6) is 5.75 Å². The number of nitrogens with zero attached hydrogens (tertiary/aromatic N) is 1. The fourth-order valence-corrected chi connectivity index (χ4v) is 4.83. The third-order valence-electron chi connectivity index (χ3n) is 6.96. The molecule has 0 spiro atoms. The lowest BCUT2D eigenvalue weighted by Gasteiger charge is -2.32. The molecule has 1 unspecified atom stereocenters. The Labute approximate surface area is 214 Å². The molecule has 1 atom stereocenters. The van der Waals surface area contributed by atoms with Gasteiger partial charge in [-0.25, -0.2) is 0 Å². The molecule has 188 valence electrons. The van der Waals surface area contributed by atoms with E-state index in [9.17, 15) is 9.59 Å². The van der Waals surface area contributed by atoms with Crippen LogP contribution >= 0.6 is 0 Å². The van der Waals surface area contributed by atoms with Crippen molar-refractivity contribution in [1.82, 2.24) is 10.2 Å². The van der Waals surface area contributed by atoms with Crippen LogP contribution < -0.4 is 10.1 Å². The highest BCUT2D eigenvalue weighted by Gasteiger charge is 2.32. The molecule has 0 heterocycles. The summed E-state index contributed by atoms with van der Waals surface area (Å²) in [6.07, 6.45) is 4.97. The second kappa shape index (κ2) is 12.4. The van der Waals surface area contributed by atoms with Crippen molar-refractivity contribution in [3.63, 3.8) is 0 Å². The number of aryl methyl sites for hydroxylation is 1. The number of rotatable bonds is 10. The summed E-state index contributed by atoms with van der Waals surface area (Å²) in [7, 11) is 1.63. The standard InChI is InChI=1S/C31H36N2O3/c1-23-12-14-26(15-13-23)22-33(30(34)21-25-16-18-28(36-2)19-17-25)29(20-24-8-4-3-5-9-24)31(35)32-27-10-6-7-11-27/h3-5,8-9,12-19,27,29H,6-7,10-11,20-22H2,1-2H3,(H,32,35). The van der Waals surface area contributed by atoms with Crippen molar-refractivity contribution in [2.24, 2.45) is 0 Å². The Bertz CT molecular complexity index is 1120. The van der Waals surface area contributed by atoms with E-state index in [1.807, 2.05) is 85.8 Å². The normalized spacial score (nSPS) is 14.3. The Hall–Kier alpha value is -3.60. The summed E-state index contributed by atoms with van der Waals surface area (Å²) in [5.74, 6) is 0.616. The molecule has 3 aromatic rings. The van der Waals surface area contributed by atoms with Crippen molar-refractivity contribution in [1.29, 1.82) is 0 Å². The van der Waals surface area contributed by atoms with E-state index in [2.05, 4.69) is 5.32 Å². The number of benzene rings is 3. The fourth-order valence-electron chi connectivity index (χ4n) is 4.83. The Morgan fingerprint density at radius 2 is 1.53 bits per heavy atom. The molecule has 0 bridgehead atoms. The van der Waals surface area contributed by atoms with Crippen LogP contribution in [0.1, 0.15) is 47.9 Å². The van der Waals surface area contributed by atoms with Gasteiger partial charge in [0.25, 0.3) is 0 Å². The van der Waals surface area contributed by atoms with E-state index in [1.165, 1.54) is 0 Å². The van der Waals surface area contributed by atoms with Crippen molar-refractivity contribution in [3.8, 4) is 5.75 Å². The largest absolute Gasteiger partial charge is 0.497 e. The average molecular weight is 485 g/mol. The number of methoxy groups -OCH3 is 1. The topological polar surface area (TPSA) is 58.6 Å². The molecule has 36 heavy (non-hydrogen) atoms. The molecule has 3 aromatic carbocycles. The van der Waals surface area contributed by atoms with E-state index in [0.717, 1.165) is 53.7 Å². The van der Waals surface area contributed by atoms with Gasteiger partial charge in [0.2, 0.25) is 11.8 Å². The maximum atomic E-state index is 13.8. The van der Waals surface area contributed by atoms with Crippen LogP contribution in [0, 0.1) is 6.92 Å². The van der Waals surface area contributed by atoms with Gasteiger partial charge >= 0.3 is 0 Å². The van der Waals surface area contributed by atoms with Gasteiger partial charge in [-0.05, 0) is 48.6 Å². The molecule has 0 aliphatic heterocycles. The number of hydrogen-bond donors (Lipinski definition) is 1. The van der Waals surface area contributed by atoms with Gasteiger partial charge in [0.05, 0.1) is 13.5 Å². The number of nitrogens with one attached hydrogen (secondary N) is 1. The smallest absolute Gasteiger partial charge is 0.243 e. The first-order valence-corrected chi connectivity index (χ1v) is 12.8. The molecule has 0 aromatic heterocycles. The van der Waals surface area contributed by atoms with E-state index in [1.54, 1.807) is 12.0 Å². The lowest BCUT2D eigenvalue weighted by Crippen LogP contribution is -2.52. The van der Waals surface area contributed by atoms with Gasteiger partial charge in [0.1, 0.15) is 11.8 Å². The Morgan fingerprint density at radius 3 is 2.17 bits per heavy atom. The van der Waals surface area contributed by atoms with Crippen LogP contribution in [0.25, 0.3) is 0 Å². The van der Waals surface area contributed by atoms with E-state index in [-0.39, 0.29) is 24.3 Å². The van der Waals surface area contributed by atoms with Crippen molar-refractivity contribution in [3.05, 3.63) is 101 Å². The summed E-state index contributed by atoms with van der Waals surface area (Å²) in [5, 5.41) is 3.26. The molecule has 2 amide bonds. The highest BCUT2D eigenvalue weighted by atomic mass is 16.5. The maximum absolute atomic E-state index is 13.8. The lowest BCUT2D eigenvalue weighted by molar-refractivity contribution is -0.141. The number of carbonyl (C=O) groups is 2. The second-order valence-electron chi connectivity index (χ2n) is 9.73. The minimum atomic E-state index is -0.597. The second-order valence-corrected chi connectivity index (χ2v) is 9.73. The monoisotopic (exact) mass is 484 g/mol. The molecular formula is C31H36N2O3. The third kappa shape index (κ3) is 6.97. The molecule has 5 nitrogen and oxygen atoms in total. The molecule has 0 saturated heterocycles. The van der Waals surface area contributed by atoms with Crippen molar-refractivity contribution < 1.29 is 14.3 Å². The van der Waals surface area contributed by atoms with Gasteiger partial charge < -0.3 is 15.0 Å². The van der Waals surface area contributed by atoms with E-state index >= 15 is 0 Å². The predicted molar refractivity (Wildman–Crippen MR) is 143 cm³/mol. The fraction of sp³-hybridized carbons (Fsp3) is 0.355. The van der Waals surface area contributed by atoms with Crippen LogP contribution in [0.4, 0.5) is 0 Å². The Kier molecular flexibility index (Phi) is 8.77. The molecule has 4 rings (SSSR count). The van der Waals surface area contributed by atoms with Gasteiger partial charge in [-0.2, -0.15) is 0 Å². The minimum Gasteiger partial charge on any atom is -0.497 e. The predicted octanol–water partition coefficient (Wildman–Crippen LogP) is 5.25. The third-order valence-corrected chi connectivity index (χ3v) is 6.96. The molecule has 1 aliphatic carbocycles. The summed E-state index contributed by atoms with van der Waals surface area (Å²) in [6.45, 7) is 2.43. The Morgan fingerprint density at radius 1 is 0.889 bits per heavy atom. The van der Waals surface area contributed by atoms with Gasteiger partial charge in [-0.3, -0.25) is 9.59 Å². The highest BCUT2D eigenvalue weighted by Crippen LogP contribution is 2.21. The van der Waals surface area contributed by atoms with Crippen LogP contribution in [0.2, 0.25) is 0 Å². The summed E-state index contributed by atoms with van der Waals surface area (Å²) in [6, 6.07) is 25.3. The molecular weight excluding hydrogens is 448 g/mol. The SMILES string of the molecule is COc1ccc(CC(=O)N(Cc2ccc(C)cc2)C(Cc2ccccc2)C(=O)NC2CCCC2)cc1. The van der Waals surface area contributed by atoms with Crippen LogP contribution in [-0.2, 0) is 29.0 Å². The van der Waals surface area contributed by atoms with E-state index in [4.69, 9.17) is 4.74 Å². The zero-order valence-corrected chi connectivity index (χ0v) is 21.3. The molecule has 0 radical (unpaired) electrons. The van der Waals surface area contributed by atoms with Crippen LogP contribution in [0.15, 0.2) is 78.9 Å². The molecule has 5 heteroatoms. The van der Waals surface area contributed by atoms with Crippen molar-refractivity contribution in [2.75, 3.05) is 7.11 Å². The summed E-state index contributed by atoms with van der Waals surface area (Å²) >= 11 is 0. The molecule has 1 aliphatic rings. The first kappa shape index (κ1) is 25.5. The van der Waals surface area contributed by atoms with Crippen molar-refractivity contribution in [2.45, 2.75) is 64.1 Å². The molecule has 1 fully saturated rings. The molecule has 1 saturated carbocycles. The number of ether oxygens (including phenoxy) is 1. The maximum Gasteiger partial charge on any atom is 0.243 e. The zero-order chi connectivity index (χ0) is 25.3. The summed E-state index contributed by atoms with van der Waals surface area (Å²) in [5.41, 5.74) is 4.10. The molecule has 1 N–H and O–H groups in total. The van der Waals surface area contributed by atoms with E-state index < -0.39 is 6.04 Å². The quantitative estimate of drug-likeness (QED) is 0.428. The van der Waals surface area contributed by atoms with Gasteiger partial charge in [0.15, 0.2) is 0 Å². The average Bonchev–Trinajstić information content (AvgIpc) is 3.41. The van der Waals surface area contributed by atoms with Crippen LogP contribution in [0.3, 0.4) is 0 Å². The summed E-state index contributed by atoms with van der Waals surface area (Å²) < 4.78 is 5.26. The first-order valence-electron chi connectivity index (χ1n) is 12.8. The number of hydrogen-bond acceptors (Lipinski definition) is 3. The zero-order valence-electron chi connectivity index (χ0n) is 21.3. The Balaban J connectivity index is 1.64. The van der Waals surface area contributed by atoms with Crippen LogP contribution in [-0.4, -0.2) is 35.9 Å². The van der Waals surface area contributed by atoms with Gasteiger partial charge in [0, 0.05) is 19.0 Å².